The minimum Gasteiger partial charge on any atom is -0.439 e. The molecule has 1 saturated heterocycles. The summed E-state index contributed by atoms with van der Waals surface area (Å²) < 4.78 is 81.3. The van der Waals surface area contributed by atoms with Gasteiger partial charge in [-0.2, -0.15) is 26.3 Å². The molecule has 1 fully saturated rings. The molecule has 2 aliphatic rings. The summed E-state index contributed by atoms with van der Waals surface area (Å²) >= 11 is 0. The van der Waals surface area contributed by atoms with Gasteiger partial charge >= 0.3 is 18.4 Å². The number of amides is 1. The number of halogens is 6. The van der Waals surface area contributed by atoms with Crippen molar-refractivity contribution in [1.82, 2.24) is 5.32 Å². The maximum atomic E-state index is 12.8. The summed E-state index contributed by atoms with van der Waals surface area (Å²) in [6, 6.07) is -0.690. The molecule has 3 atom stereocenters. The van der Waals surface area contributed by atoms with Gasteiger partial charge in [0.2, 0.25) is 0 Å². The van der Waals surface area contributed by atoms with Crippen LogP contribution in [0.4, 0.5) is 31.1 Å². The van der Waals surface area contributed by atoms with Crippen LogP contribution < -0.4 is 5.32 Å². The molecule has 1 heterocycles. The molecular formula is C12H11F6NO2. The third-order valence-corrected chi connectivity index (χ3v) is 3.32. The summed E-state index contributed by atoms with van der Waals surface area (Å²) in [6.07, 6.45) is -11.5. The number of carbonyl (C=O) groups excluding carboxylic acids is 1. The van der Waals surface area contributed by atoms with Gasteiger partial charge in [-0.05, 0) is 25.0 Å². The van der Waals surface area contributed by atoms with E-state index in [0.29, 0.717) is 6.08 Å². The summed E-state index contributed by atoms with van der Waals surface area (Å²) in [4.78, 5) is 11.0. The van der Waals surface area contributed by atoms with Crippen molar-refractivity contribution in [2.45, 2.75) is 37.8 Å². The summed E-state index contributed by atoms with van der Waals surface area (Å²) in [7, 11) is 0. The van der Waals surface area contributed by atoms with Crippen molar-refractivity contribution in [2.75, 3.05) is 0 Å². The van der Waals surface area contributed by atoms with Gasteiger partial charge in [-0.1, -0.05) is 6.08 Å². The Morgan fingerprint density at radius 1 is 1.24 bits per heavy atom. The summed E-state index contributed by atoms with van der Waals surface area (Å²) in [5, 5.41) is 2.29. The molecule has 0 radical (unpaired) electrons. The molecule has 2 rings (SSSR count). The number of rotatable bonds is 1. The lowest BCUT2D eigenvalue weighted by Crippen LogP contribution is -2.33. The normalized spacial score (nSPS) is 30.4. The summed E-state index contributed by atoms with van der Waals surface area (Å²) in [6.45, 7) is 1.45. The van der Waals surface area contributed by atoms with Crippen LogP contribution in [0.15, 0.2) is 23.3 Å². The maximum Gasteiger partial charge on any atom is 0.416 e. The molecule has 3 nitrogen and oxygen atoms in total. The molecule has 0 saturated carbocycles. The van der Waals surface area contributed by atoms with Crippen molar-refractivity contribution in [2.24, 2.45) is 5.92 Å². The molecule has 1 amide bonds. The first kappa shape index (κ1) is 15.7. The van der Waals surface area contributed by atoms with Crippen LogP contribution in [0.2, 0.25) is 0 Å². The minimum absolute atomic E-state index is 0.165. The second-order valence-corrected chi connectivity index (χ2v) is 4.95. The van der Waals surface area contributed by atoms with E-state index < -0.39 is 48.5 Å². The van der Waals surface area contributed by atoms with Crippen LogP contribution in [0.1, 0.15) is 13.3 Å². The Balaban J connectivity index is 2.35. The average molecular weight is 315 g/mol. The molecule has 0 bridgehead atoms. The molecule has 9 heteroatoms. The van der Waals surface area contributed by atoms with Crippen molar-refractivity contribution in [1.29, 1.82) is 0 Å². The summed E-state index contributed by atoms with van der Waals surface area (Å²) in [5.74, 6) is -2.25. The first-order chi connectivity index (χ1) is 9.48. The van der Waals surface area contributed by atoms with E-state index in [1.165, 1.54) is 6.92 Å². The van der Waals surface area contributed by atoms with Crippen LogP contribution >= 0.6 is 0 Å². The fourth-order valence-corrected chi connectivity index (χ4v) is 2.33. The fraction of sp³-hybridized carbons (Fsp3) is 0.583. The fourth-order valence-electron chi connectivity index (χ4n) is 2.33. The Labute approximate surface area is 115 Å². The molecular weight excluding hydrogens is 304 g/mol. The molecule has 0 spiro atoms. The number of cyclic esters (lactones) is 1. The minimum atomic E-state index is -4.89. The molecule has 1 aliphatic heterocycles. The van der Waals surface area contributed by atoms with Crippen molar-refractivity contribution >= 4 is 6.09 Å². The Bertz CT molecular complexity index is 505. The zero-order chi connectivity index (χ0) is 16.0. The standard InChI is InChI=1S/C12H11F6NO2/c1-5-9(21-10(20)19-5)6-2-7(11(13,14)15)4-8(3-6)12(16,17)18/h2,4-5,8-9H,3H2,1H3,(H,19,20). The van der Waals surface area contributed by atoms with Crippen molar-refractivity contribution in [3.63, 3.8) is 0 Å². The van der Waals surface area contributed by atoms with Crippen LogP contribution in [0.3, 0.4) is 0 Å². The lowest BCUT2D eigenvalue weighted by atomic mass is 9.85. The molecule has 0 aromatic rings. The number of hydrogen-bond acceptors (Lipinski definition) is 2. The number of nitrogens with one attached hydrogen (secondary N) is 1. The summed E-state index contributed by atoms with van der Waals surface area (Å²) in [5.41, 5.74) is -1.57. The van der Waals surface area contributed by atoms with Gasteiger partial charge in [-0.3, -0.25) is 0 Å². The number of alkyl halides is 6. The first-order valence-corrected chi connectivity index (χ1v) is 6.02. The van der Waals surface area contributed by atoms with E-state index in [1.54, 1.807) is 0 Å². The second kappa shape index (κ2) is 4.96. The molecule has 0 aromatic carbocycles. The third kappa shape index (κ3) is 3.33. The number of alkyl carbamates (subject to hydrolysis) is 1. The highest BCUT2D eigenvalue weighted by atomic mass is 19.4. The highest BCUT2D eigenvalue weighted by molar-refractivity contribution is 5.71. The third-order valence-electron chi connectivity index (χ3n) is 3.32. The second-order valence-electron chi connectivity index (χ2n) is 4.95. The van der Waals surface area contributed by atoms with Crippen LogP contribution in [-0.2, 0) is 4.74 Å². The van der Waals surface area contributed by atoms with Gasteiger partial charge in [-0.15, -0.1) is 0 Å². The smallest absolute Gasteiger partial charge is 0.416 e. The van der Waals surface area contributed by atoms with E-state index in [4.69, 9.17) is 4.74 Å². The lowest BCUT2D eigenvalue weighted by Gasteiger charge is -2.27. The number of hydrogen-bond donors (Lipinski definition) is 1. The van der Waals surface area contributed by atoms with Crippen molar-refractivity contribution < 1.29 is 35.9 Å². The van der Waals surface area contributed by atoms with Gasteiger partial charge < -0.3 is 10.1 Å². The quantitative estimate of drug-likeness (QED) is 0.752. The molecule has 21 heavy (non-hydrogen) atoms. The molecule has 0 aromatic heterocycles. The van der Waals surface area contributed by atoms with Gasteiger partial charge in [0.05, 0.1) is 17.5 Å². The van der Waals surface area contributed by atoms with Gasteiger partial charge in [0.15, 0.2) is 0 Å². The SMILES string of the molecule is CC1NC(=O)OC1C1=CC(C(F)(F)F)=CC(C(F)(F)F)C1. The average Bonchev–Trinajstić information content (AvgIpc) is 2.65. The lowest BCUT2D eigenvalue weighted by molar-refractivity contribution is -0.162. The molecule has 1 N–H and O–H groups in total. The van der Waals surface area contributed by atoms with E-state index in [2.05, 4.69) is 5.32 Å². The Morgan fingerprint density at radius 2 is 1.86 bits per heavy atom. The van der Waals surface area contributed by atoms with Crippen LogP contribution in [-0.4, -0.2) is 30.6 Å². The topological polar surface area (TPSA) is 38.3 Å². The van der Waals surface area contributed by atoms with E-state index >= 15 is 0 Å². The highest BCUT2D eigenvalue weighted by Gasteiger charge is 2.46. The van der Waals surface area contributed by atoms with Gasteiger partial charge in [0, 0.05) is 0 Å². The zero-order valence-corrected chi connectivity index (χ0v) is 10.7. The predicted octanol–water partition coefficient (Wildman–Crippen LogP) is 3.48. The largest absolute Gasteiger partial charge is 0.439 e. The molecule has 1 aliphatic carbocycles. The number of carbonyl (C=O) groups is 1. The Morgan fingerprint density at radius 3 is 2.29 bits per heavy atom. The van der Waals surface area contributed by atoms with Crippen LogP contribution in [0.25, 0.3) is 0 Å². The van der Waals surface area contributed by atoms with Crippen LogP contribution in [0.5, 0.6) is 0 Å². The van der Waals surface area contributed by atoms with Crippen molar-refractivity contribution in [3.8, 4) is 0 Å². The highest BCUT2D eigenvalue weighted by Crippen LogP contribution is 2.42. The Hall–Kier alpha value is -1.67. The maximum absolute atomic E-state index is 12.8. The first-order valence-electron chi connectivity index (χ1n) is 6.02. The molecule has 118 valence electrons. The van der Waals surface area contributed by atoms with Crippen LogP contribution in [0, 0.1) is 5.92 Å². The van der Waals surface area contributed by atoms with Gasteiger partial charge in [-0.25, -0.2) is 4.79 Å². The predicted molar refractivity (Wildman–Crippen MR) is 59.2 cm³/mol. The monoisotopic (exact) mass is 315 g/mol. The van der Waals surface area contributed by atoms with Gasteiger partial charge in [0.1, 0.15) is 6.10 Å². The van der Waals surface area contributed by atoms with E-state index in [0.717, 1.165) is 0 Å². The van der Waals surface area contributed by atoms with E-state index in [9.17, 15) is 31.1 Å². The van der Waals surface area contributed by atoms with Gasteiger partial charge in [0.25, 0.3) is 0 Å². The molecule has 3 unspecified atom stereocenters. The Kier molecular flexibility index (Phi) is 3.71. The number of allylic oxidation sites excluding steroid dienone is 3. The van der Waals surface area contributed by atoms with Crippen molar-refractivity contribution in [3.05, 3.63) is 23.3 Å². The zero-order valence-electron chi connectivity index (χ0n) is 10.7. The van der Waals surface area contributed by atoms with E-state index in [1.807, 2.05) is 0 Å². The van der Waals surface area contributed by atoms with E-state index in [-0.39, 0.29) is 11.6 Å². The number of ether oxygens (including phenoxy) is 1.